The molecule has 1 aliphatic heterocycles. The predicted molar refractivity (Wildman–Crippen MR) is 134 cm³/mol. The van der Waals surface area contributed by atoms with Crippen LogP contribution in [0.2, 0.25) is 0 Å². The lowest BCUT2D eigenvalue weighted by Gasteiger charge is -2.36. The molecule has 4 heterocycles. The van der Waals surface area contributed by atoms with Crippen molar-refractivity contribution in [1.82, 2.24) is 9.80 Å². The number of hydrogen-bond donors (Lipinski definition) is 1. The van der Waals surface area contributed by atoms with E-state index in [0.29, 0.717) is 0 Å². The van der Waals surface area contributed by atoms with Gasteiger partial charge in [-0.2, -0.15) is 0 Å². The number of likely N-dealkylation sites (tertiary alicyclic amines) is 1. The van der Waals surface area contributed by atoms with Gasteiger partial charge in [0.1, 0.15) is 0 Å². The van der Waals surface area contributed by atoms with Crippen molar-refractivity contribution in [2.45, 2.75) is 32.4 Å². The van der Waals surface area contributed by atoms with E-state index in [4.69, 9.17) is 9.90 Å². The van der Waals surface area contributed by atoms with Crippen molar-refractivity contribution in [2.75, 3.05) is 26.7 Å². The van der Waals surface area contributed by atoms with Crippen molar-refractivity contribution in [3.8, 4) is 19.5 Å². The largest absolute Gasteiger partial charge is 0.483 e. The Hall–Kier alpha value is -1.03. The highest BCUT2D eigenvalue weighted by atomic mass is 79.9. The first-order valence-electron chi connectivity index (χ1n) is 9.99. The molecule has 0 radical (unpaired) electrons. The maximum absolute atomic E-state index is 8.36. The Morgan fingerprint density at radius 3 is 2.13 bits per heavy atom. The molecule has 0 saturated carbocycles. The van der Waals surface area contributed by atoms with Crippen LogP contribution in [0, 0.1) is 0 Å². The van der Waals surface area contributed by atoms with Crippen molar-refractivity contribution < 1.29 is 9.90 Å². The minimum absolute atomic E-state index is 0.250. The molecule has 3 aromatic heterocycles. The molecule has 4 rings (SSSR count). The van der Waals surface area contributed by atoms with Crippen molar-refractivity contribution in [3.63, 3.8) is 0 Å². The van der Waals surface area contributed by atoms with E-state index in [-0.39, 0.29) is 6.47 Å². The lowest BCUT2D eigenvalue weighted by Crippen LogP contribution is -2.43. The zero-order chi connectivity index (χ0) is 21.5. The van der Waals surface area contributed by atoms with Gasteiger partial charge in [0.05, 0.1) is 3.79 Å². The van der Waals surface area contributed by atoms with Gasteiger partial charge in [-0.1, -0.05) is 6.92 Å². The highest BCUT2D eigenvalue weighted by Crippen LogP contribution is 2.41. The Morgan fingerprint density at radius 2 is 1.57 bits per heavy atom. The maximum Gasteiger partial charge on any atom is 0.290 e. The summed E-state index contributed by atoms with van der Waals surface area (Å²) in [5, 5.41) is 6.89. The van der Waals surface area contributed by atoms with Crippen LogP contribution >= 0.6 is 49.9 Å². The second-order valence-electron chi connectivity index (χ2n) is 7.24. The molecule has 0 spiro atoms. The van der Waals surface area contributed by atoms with E-state index < -0.39 is 0 Å². The highest BCUT2D eigenvalue weighted by Gasteiger charge is 2.22. The average molecular weight is 528 g/mol. The molecule has 0 amide bonds. The smallest absolute Gasteiger partial charge is 0.290 e. The first-order valence-corrected chi connectivity index (χ1v) is 13.2. The second-order valence-corrected chi connectivity index (χ2v) is 12.0. The standard InChI is InChI=1S/C21H25BrN2S3.CH2O2/c1-3-24(15-10-12-23(2)13-11-15)14-16-4-5-17(25-16)18-6-7-19(26-18)20-8-9-21(22)27-20;2-1-3/h4-9,15H,3,10-14H2,1-2H3;1H,(H,2,3). The van der Waals surface area contributed by atoms with Crippen LogP contribution < -0.4 is 0 Å². The molecular weight excluding hydrogens is 500 g/mol. The Balaban J connectivity index is 0.000000806. The summed E-state index contributed by atoms with van der Waals surface area (Å²) >= 11 is 9.23. The number of carbonyl (C=O) groups is 1. The summed E-state index contributed by atoms with van der Waals surface area (Å²) in [5.41, 5.74) is 0. The average Bonchev–Trinajstić information content (AvgIpc) is 3.48. The molecule has 4 nitrogen and oxygen atoms in total. The molecule has 1 fully saturated rings. The highest BCUT2D eigenvalue weighted by molar-refractivity contribution is 9.11. The van der Waals surface area contributed by atoms with Crippen LogP contribution in [0.4, 0.5) is 0 Å². The summed E-state index contributed by atoms with van der Waals surface area (Å²) in [5.74, 6) is 0. The molecule has 162 valence electrons. The summed E-state index contributed by atoms with van der Waals surface area (Å²) in [6.45, 7) is 6.74. The fourth-order valence-electron chi connectivity index (χ4n) is 3.70. The summed E-state index contributed by atoms with van der Waals surface area (Å²) in [4.78, 5) is 20.5. The van der Waals surface area contributed by atoms with Gasteiger partial charge in [-0.3, -0.25) is 9.69 Å². The first-order chi connectivity index (χ1) is 14.5. The monoisotopic (exact) mass is 526 g/mol. The fourth-order valence-corrected chi connectivity index (χ4v) is 7.31. The SMILES string of the molecule is CCN(Cc1ccc(-c2ccc(-c3ccc(Br)s3)s2)s1)C1CCN(C)CC1.O=CO. The zero-order valence-electron chi connectivity index (χ0n) is 17.2. The Bertz CT molecular complexity index is 928. The number of hydrogen-bond acceptors (Lipinski definition) is 6. The van der Waals surface area contributed by atoms with Crippen LogP contribution in [-0.2, 0) is 11.3 Å². The molecule has 0 unspecified atom stereocenters. The fraction of sp³-hybridized carbons (Fsp3) is 0.409. The van der Waals surface area contributed by atoms with Crippen molar-refractivity contribution in [3.05, 3.63) is 45.1 Å². The van der Waals surface area contributed by atoms with Gasteiger partial charge in [-0.15, -0.1) is 34.0 Å². The van der Waals surface area contributed by atoms with Gasteiger partial charge < -0.3 is 10.0 Å². The molecule has 0 aliphatic carbocycles. The first kappa shape index (κ1) is 23.6. The quantitative estimate of drug-likeness (QED) is 0.368. The van der Waals surface area contributed by atoms with Gasteiger partial charge in [0.25, 0.3) is 6.47 Å². The van der Waals surface area contributed by atoms with E-state index >= 15 is 0 Å². The number of rotatable bonds is 6. The van der Waals surface area contributed by atoms with Crippen molar-refractivity contribution in [1.29, 1.82) is 0 Å². The topological polar surface area (TPSA) is 43.8 Å². The summed E-state index contributed by atoms with van der Waals surface area (Å²) in [7, 11) is 2.24. The number of nitrogens with zero attached hydrogens (tertiary/aromatic N) is 2. The minimum atomic E-state index is -0.250. The van der Waals surface area contributed by atoms with E-state index in [1.54, 1.807) is 11.3 Å². The van der Waals surface area contributed by atoms with Crippen LogP contribution in [0.15, 0.2) is 40.2 Å². The molecule has 0 aromatic carbocycles. The van der Waals surface area contributed by atoms with E-state index in [2.05, 4.69) is 76.1 Å². The third-order valence-electron chi connectivity index (χ3n) is 5.30. The number of thiophene rings is 3. The normalized spacial score (nSPS) is 15.2. The van der Waals surface area contributed by atoms with Crippen LogP contribution in [0.1, 0.15) is 24.6 Å². The molecule has 0 atom stereocenters. The number of halogens is 1. The van der Waals surface area contributed by atoms with Gasteiger partial charge in [0.15, 0.2) is 0 Å². The molecule has 1 N–H and O–H groups in total. The van der Waals surface area contributed by atoms with Crippen LogP contribution in [-0.4, -0.2) is 54.1 Å². The predicted octanol–water partition coefficient (Wildman–Crippen LogP) is 6.58. The van der Waals surface area contributed by atoms with Gasteiger partial charge in [0, 0.05) is 37.0 Å². The Morgan fingerprint density at radius 1 is 1.03 bits per heavy atom. The van der Waals surface area contributed by atoms with E-state index in [1.807, 2.05) is 22.7 Å². The molecule has 1 saturated heterocycles. The third kappa shape index (κ3) is 6.24. The van der Waals surface area contributed by atoms with Crippen LogP contribution in [0.3, 0.4) is 0 Å². The molecule has 30 heavy (non-hydrogen) atoms. The number of carboxylic acid groups (broad SMARTS) is 1. The molecule has 3 aromatic rings. The maximum atomic E-state index is 8.36. The minimum Gasteiger partial charge on any atom is -0.483 e. The van der Waals surface area contributed by atoms with Gasteiger partial charge in [0.2, 0.25) is 0 Å². The Labute approximate surface area is 198 Å². The summed E-state index contributed by atoms with van der Waals surface area (Å²) in [6.07, 6.45) is 2.60. The second kappa shape index (κ2) is 11.5. The summed E-state index contributed by atoms with van der Waals surface area (Å²) in [6, 6.07) is 14.2. The summed E-state index contributed by atoms with van der Waals surface area (Å²) < 4.78 is 1.19. The van der Waals surface area contributed by atoms with Crippen LogP contribution in [0.5, 0.6) is 0 Å². The van der Waals surface area contributed by atoms with E-state index in [1.165, 1.54) is 54.1 Å². The lowest BCUT2D eigenvalue weighted by molar-refractivity contribution is -0.122. The Kier molecular flexibility index (Phi) is 9.10. The molecule has 1 aliphatic rings. The van der Waals surface area contributed by atoms with Gasteiger partial charge >= 0.3 is 0 Å². The van der Waals surface area contributed by atoms with Gasteiger partial charge in [-0.05, 0) is 91.9 Å². The van der Waals surface area contributed by atoms with Gasteiger partial charge in [-0.25, -0.2) is 0 Å². The number of piperidine rings is 1. The molecular formula is C22H27BrN2O2S3. The lowest BCUT2D eigenvalue weighted by atomic mass is 10.0. The molecule has 8 heteroatoms. The van der Waals surface area contributed by atoms with Crippen molar-refractivity contribution >= 4 is 56.4 Å². The van der Waals surface area contributed by atoms with Crippen LogP contribution in [0.25, 0.3) is 19.5 Å². The molecule has 0 bridgehead atoms. The van der Waals surface area contributed by atoms with Crippen molar-refractivity contribution in [2.24, 2.45) is 0 Å². The zero-order valence-corrected chi connectivity index (χ0v) is 21.2. The van der Waals surface area contributed by atoms with E-state index in [9.17, 15) is 0 Å². The van der Waals surface area contributed by atoms with E-state index in [0.717, 1.165) is 19.1 Å². The third-order valence-corrected chi connectivity index (χ3v) is 9.47.